The molecule has 1 aromatic heterocycles. The topological polar surface area (TPSA) is 88.6 Å². The van der Waals surface area contributed by atoms with Crippen LogP contribution in [-0.2, 0) is 0 Å². The summed E-state index contributed by atoms with van der Waals surface area (Å²) in [5.41, 5.74) is 4.31. The second kappa shape index (κ2) is 14.3. The molecule has 0 spiro atoms. The molecule has 5 rings (SSSR count). The lowest BCUT2D eigenvalue weighted by Gasteiger charge is -2.26. The molecule has 2 heterocycles. The molecule has 1 aliphatic heterocycles. The van der Waals surface area contributed by atoms with E-state index in [-0.39, 0.29) is 17.6 Å². The molecular weight excluding hydrogens is 569 g/mol. The van der Waals surface area contributed by atoms with Crippen LogP contribution in [0, 0.1) is 19.7 Å². The van der Waals surface area contributed by atoms with Crippen LogP contribution in [0.15, 0.2) is 66.7 Å². The standard InChI is InChI=1S/C33H35ClFN5O3/c1-22-10-8-11-25(23(22)2)29-21-31(43-33(41)38-28-13-5-4-12-26(28)34)39-32(37-29)36-24-14-15-30(27(35)20-24)42-19-9-18-40-16-6-3-7-17-40/h4-5,8,10-15,20-21H,3,6-7,9,16-19H2,1-2H3,(H,38,41)(H,36,37,39). The zero-order valence-corrected chi connectivity index (χ0v) is 25.1. The number of nitrogens with one attached hydrogen (secondary N) is 2. The minimum Gasteiger partial charge on any atom is -0.490 e. The van der Waals surface area contributed by atoms with Crippen molar-refractivity contribution < 1.29 is 18.7 Å². The van der Waals surface area contributed by atoms with Crippen LogP contribution in [0.5, 0.6) is 11.6 Å². The molecule has 0 radical (unpaired) electrons. The average molecular weight is 604 g/mol. The molecule has 2 N–H and O–H groups in total. The summed E-state index contributed by atoms with van der Waals surface area (Å²) in [5, 5.41) is 6.03. The van der Waals surface area contributed by atoms with Gasteiger partial charge in [0.25, 0.3) is 0 Å². The number of aryl methyl sites for hydroxylation is 1. The number of carbonyl (C=O) groups is 1. The lowest BCUT2D eigenvalue weighted by atomic mass is 10.0. The molecule has 0 bridgehead atoms. The molecule has 10 heteroatoms. The second-order valence-corrected chi connectivity index (χ2v) is 10.9. The van der Waals surface area contributed by atoms with Crippen LogP contribution in [-0.4, -0.2) is 47.2 Å². The van der Waals surface area contributed by atoms with E-state index in [1.54, 1.807) is 42.5 Å². The predicted molar refractivity (Wildman–Crippen MR) is 168 cm³/mol. The molecule has 1 fully saturated rings. The summed E-state index contributed by atoms with van der Waals surface area (Å²) >= 11 is 6.17. The van der Waals surface area contributed by atoms with E-state index in [0.29, 0.717) is 28.7 Å². The van der Waals surface area contributed by atoms with Gasteiger partial charge in [0.1, 0.15) is 0 Å². The highest BCUT2D eigenvalue weighted by atomic mass is 35.5. The Hall–Kier alpha value is -4.21. The third-order valence-corrected chi connectivity index (χ3v) is 7.73. The van der Waals surface area contributed by atoms with Crippen LogP contribution in [0.2, 0.25) is 5.02 Å². The first-order valence-electron chi connectivity index (χ1n) is 14.5. The maximum atomic E-state index is 15.0. The van der Waals surface area contributed by atoms with Gasteiger partial charge in [-0.05, 0) is 81.6 Å². The third kappa shape index (κ3) is 8.21. The van der Waals surface area contributed by atoms with Crippen LogP contribution in [0.1, 0.15) is 36.8 Å². The van der Waals surface area contributed by atoms with Gasteiger partial charge in [0, 0.05) is 29.9 Å². The smallest absolute Gasteiger partial charge is 0.418 e. The molecule has 0 atom stereocenters. The van der Waals surface area contributed by atoms with Crippen LogP contribution >= 0.6 is 11.6 Å². The van der Waals surface area contributed by atoms with E-state index in [2.05, 4.69) is 25.5 Å². The first-order valence-corrected chi connectivity index (χ1v) is 14.8. The number of likely N-dealkylation sites (tertiary alicyclic amines) is 1. The Bertz CT molecular complexity index is 1580. The van der Waals surface area contributed by atoms with Gasteiger partial charge in [-0.25, -0.2) is 14.2 Å². The molecule has 1 aliphatic rings. The van der Waals surface area contributed by atoms with Gasteiger partial charge in [0.15, 0.2) is 11.6 Å². The summed E-state index contributed by atoms with van der Waals surface area (Å²) in [5.74, 6) is -0.167. The molecule has 0 saturated carbocycles. The number of amides is 1. The fraction of sp³-hybridized carbons (Fsp3) is 0.303. The molecule has 8 nitrogen and oxygen atoms in total. The SMILES string of the molecule is Cc1cccc(-c2cc(OC(=O)Nc3ccccc3Cl)nc(Nc3ccc(OCCCN4CCCCC4)c(F)c3)n2)c1C. The number of hydrogen-bond donors (Lipinski definition) is 2. The van der Waals surface area contributed by atoms with Crippen molar-refractivity contribution in [1.29, 1.82) is 0 Å². The number of para-hydroxylation sites is 1. The fourth-order valence-electron chi connectivity index (χ4n) is 4.97. The first kappa shape index (κ1) is 30.3. The number of nitrogens with zero attached hydrogens (tertiary/aromatic N) is 3. The Morgan fingerprint density at radius 3 is 2.60 bits per heavy atom. The maximum absolute atomic E-state index is 15.0. The third-order valence-electron chi connectivity index (χ3n) is 7.40. The fourth-order valence-corrected chi connectivity index (χ4v) is 5.15. The van der Waals surface area contributed by atoms with E-state index >= 15 is 0 Å². The Morgan fingerprint density at radius 1 is 1.00 bits per heavy atom. The number of hydrogen-bond acceptors (Lipinski definition) is 7. The molecule has 3 aromatic carbocycles. The number of anilines is 3. The largest absolute Gasteiger partial charge is 0.490 e. The number of halogens is 2. The van der Waals surface area contributed by atoms with Crippen molar-refractivity contribution in [3.8, 4) is 22.9 Å². The van der Waals surface area contributed by atoms with Crippen molar-refractivity contribution in [1.82, 2.24) is 14.9 Å². The van der Waals surface area contributed by atoms with E-state index in [9.17, 15) is 9.18 Å². The zero-order chi connectivity index (χ0) is 30.2. The minimum atomic E-state index is -0.766. The lowest BCUT2D eigenvalue weighted by molar-refractivity contribution is 0.203. The van der Waals surface area contributed by atoms with Gasteiger partial charge in [0.05, 0.1) is 23.0 Å². The molecular formula is C33H35ClFN5O3. The Kier molecular flexibility index (Phi) is 10.1. The normalized spacial score (nSPS) is 13.4. The van der Waals surface area contributed by atoms with Crippen LogP contribution in [0.4, 0.5) is 26.5 Å². The summed E-state index contributed by atoms with van der Waals surface area (Å²) in [6.07, 6.45) is 3.85. The van der Waals surface area contributed by atoms with Gasteiger partial charge >= 0.3 is 6.09 Å². The van der Waals surface area contributed by atoms with Crippen molar-refractivity contribution in [3.63, 3.8) is 0 Å². The van der Waals surface area contributed by atoms with E-state index in [1.807, 2.05) is 32.0 Å². The number of benzene rings is 3. The molecule has 4 aromatic rings. The summed E-state index contributed by atoms with van der Waals surface area (Å²) in [6.45, 7) is 7.65. The quantitative estimate of drug-likeness (QED) is 0.177. The number of piperidine rings is 1. The van der Waals surface area contributed by atoms with E-state index < -0.39 is 11.9 Å². The Balaban J connectivity index is 1.31. The van der Waals surface area contributed by atoms with Crippen molar-refractivity contribution in [3.05, 3.63) is 88.7 Å². The summed E-state index contributed by atoms with van der Waals surface area (Å²) in [6, 6.07) is 18.9. The van der Waals surface area contributed by atoms with Crippen molar-refractivity contribution in [2.45, 2.75) is 39.5 Å². The Labute approximate surface area is 256 Å². The minimum absolute atomic E-state index is 0.00657. The van der Waals surface area contributed by atoms with E-state index in [4.69, 9.17) is 21.1 Å². The molecule has 0 aliphatic carbocycles. The predicted octanol–water partition coefficient (Wildman–Crippen LogP) is 8.16. The highest BCUT2D eigenvalue weighted by Gasteiger charge is 2.16. The number of ether oxygens (including phenoxy) is 2. The van der Waals surface area contributed by atoms with Crippen LogP contribution < -0.4 is 20.1 Å². The summed E-state index contributed by atoms with van der Waals surface area (Å²) in [4.78, 5) is 24.2. The van der Waals surface area contributed by atoms with Crippen molar-refractivity contribution >= 4 is 35.0 Å². The zero-order valence-electron chi connectivity index (χ0n) is 24.3. The van der Waals surface area contributed by atoms with Crippen molar-refractivity contribution in [2.75, 3.05) is 36.9 Å². The number of rotatable bonds is 10. The molecule has 1 amide bonds. The number of carbonyl (C=O) groups excluding carboxylic acids is 1. The highest BCUT2D eigenvalue weighted by molar-refractivity contribution is 6.33. The average Bonchev–Trinajstić information content (AvgIpc) is 2.99. The maximum Gasteiger partial charge on any atom is 0.418 e. The molecule has 224 valence electrons. The van der Waals surface area contributed by atoms with Gasteiger partial charge < -0.3 is 19.7 Å². The van der Waals surface area contributed by atoms with Crippen molar-refractivity contribution in [2.24, 2.45) is 0 Å². The van der Waals surface area contributed by atoms with Crippen LogP contribution in [0.3, 0.4) is 0 Å². The van der Waals surface area contributed by atoms with Gasteiger partial charge in [-0.1, -0.05) is 48.4 Å². The van der Waals surface area contributed by atoms with Crippen LogP contribution in [0.25, 0.3) is 11.3 Å². The van der Waals surface area contributed by atoms with E-state index in [1.165, 1.54) is 25.3 Å². The Morgan fingerprint density at radius 2 is 1.81 bits per heavy atom. The first-order chi connectivity index (χ1) is 20.9. The molecule has 0 unspecified atom stereocenters. The second-order valence-electron chi connectivity index (χ2n) is 10.5. The monoisotopic (exact) mass is 603 g/mol. The summed E-state index contributed by atoms with van der Waals surface area (Å²) < 4.78 is 26.2. The van der Waals surface area contributed by atoms with Gasteiger partial charge in [-0.2, -0.15) is 4.98 Å². The van der Waals surface area contributed by atoms with Gasteiger partial charge in [-0.3, -0.25) is 5.32 Å². The molecule has 1 saturated heterocycles. The summed E-state index contributed by atoms with van der Waals surface area (Å²) in [7, 11) is 0. The van der Waals surface area contributed by atoms with Gasteiger partial charge in [-0.15, -0.1) is 0 Å². The molecule has 43 heavy (non-hydrogen) atoms. The highest BCUT2D eigenvalue weighted by Crippen LogP contribution is 2.30. The number of aromatic nitrogens is 2. The van der Waals surface area contributed by atoms with E-state index in [0.717, 1.165) is 42.7 Å². The lowest BCUT2D eigenvalue weighted by Crippen LogP contribution is -2.31. The van der Waals surface area contributed by atoms with Gasteiger partial charge in [0.2, 0.25) is 11.8 Å².